The Hall–Kier alpha value is -3.41. The van der Waals surface area contributed by atoms with Crippen LogP contribution >= 0.6 is 0 Å². The third-order valence-electron chi connectivity index (χ3n) is 5.91. The molecule has 180 valence electrons. The zero-order chi connectivity index (χ0) is 24.5. The molecule has 1 heterocycles. The molecular weight excluding hydrogens is 428 g/mol. The number of hydrogen-bond donors (Lipinski definition) is 1. The zero-order valence-electron chi connectivity index (χ0n) is 20.4. The summed E-state index contributed by atoms with van der Waals surface area (Å²) in [6.07, 6.45) is 5.49. The van der Waals surface area contributed by atoms with Crippen LogP contribution in [-0.2, 0) is 17.7 Å². The Kier molecular flexibility index (Phi) is 9.02. The summed E-state index contributed by atoms with van der Waals surface area (Å²) in [7, 11) is 0. The highest BCUT2D eigenvalue weighted by molar-refractivity contribution is 6.07. The summed E-state index contributed by atoms with van der Waals surface area (Å²) in [6, 6.07) is 14.3. The molecule has 3 rings (SSSR count). The largest absolute Gasteiger partial charge is 0.462 e. The Morgan fingerprint density at radius 1 is 0.912 bits per heavy atom. The lowest BCUT2D eigenvalue weighted by Crippen LogP contribution is -2.31. The number of benzene rings is 2. The fraction of sp³-hybridized carbons (Fsp3) is 0.393. The van der Waals surface area contributed by atoms with Crippen molar-refractivity contribution >= 4 is 28.5 Å². The summed E-state index contributed by atoms with van der Waals surface area (Å²) < 4.78 is 6.89. The van der Waals surface area contributed by atoms with Gasteiger partial charge in [0.25, 0.3) is 11.5 Å². The molecule has 2 aromatic carbocycles. The highest BCUT2D eigenvalue weighted by Gasteiger charge is 2.21. The smallest absolute Gasteiger partial charge is 0.338 e. The van der Waals surface area contributed by atoms with E-state index in [0.717, 1.165) is 48.6 Å². The van der Waals surface area contributed by atoms with Gasteiger partial charge in [0, 0.05) is 17.6 Å². The molecule has 0 radical (unpaired) electrons. The van der Waals surface area contributed by atoms with Crippen molar-refractivity contribution in [2.24, 2.45) is 0 Å². The van der Waals surface area contributed by atoms with Crippen molar-refractivity contribution < 1.29 is 14.3 Å². The molecule has 0 spiro atoms. The van der Waals surface area contributed by atoms with Gasteiger partial charge >= 0.3 is 5.97 Å². The van der Waals surface area contributed by atoms with Gasteiger partial charge in [-0.2, -0.15) is 0 Å². The van der Waals surface area contributed by atoms with E-state index in [1.807, 2.05) is 38.1 Å². The molecule has 34 heavy (non-hydrogen) atoms. The number of para-hydroxylation sites is 1. The number of carbonyl (C=O) groups excluding carboxylic acids is 2. The molecule has 0 aliphatic rings. The van der Waals surface area contributed by atoms with Crippen LogP contribution in [0.25, 0.3) is 10.9 Å². The molecule has 0 aliphatic heterocycles. The van der Waals surface area contributed by atoms with E-state index in [-0.39, 0.29) is 11.1 Å². The number of aromatic nitrogens is 1. The summed E-state index contributed by atoms with van der Waals surface area (Å²) in [6.45, 7) is 6.99. The van der Waals surface area contributed by atoms with E-state index in [1.165, 1.54) is 0 Å². The lowest BCUT2D eigenvalue weighted by atomic mass is 9.99. The van der Waals surface area contributed by atoms with Gasteiger partial charge in [0.1, 0.15) is 5.56 Å². The van der Waals surface area contributed by atoms with Crippen LogP contribution in [0.1, 0.15) is 79.2 Å². The van der Waals surface area contributed by atoms with Crippen molar-refractivity contribution in [2.75, 3.05) is 11.9 Å². The molecule has 1 aromatic heterocycles. The highest BCUT2D eigenvalue weighted by atomic mass is 16.5. The van der Waals surface area contributed by atoms with Gasteiger partial charge in [0.15, 0.2) is 0 Å². The monoisotopic (exact) mass is 462 g/mol. The number of rotatable bonds is 11. The van der Waals surface area contributed by atoms with E-state index in [0.29, 0.717) is 30.8 Å². The van der Waals surface area contributed by atoms with Crippen molar-refractivity contribution in [1.82, 2.24) is 4.57 Å². The molecule has 0 bridgehead atoms. The number of amides is 1. The lowest BCUT2D eigenvalue weighted by Gasteiger charge is -2.17. The minimum Gasteiger partial charge on any atom is -0.462 e. The number of hydrogen-bond acceptors (Lipinski definition) is 4. The fourth-order valence-corrected chi connectivity index (χ4v) is 4.15. The molecule has 1 N–H and O–H groups in total. The quantitative estimate of drug-likeness (QED) is 0.282. The Balaban J connectivity index is 1.93. The second-order valence-electron chi connectivity index (χ2n) is 8.41. The number of fused-ring (bicyclic) bond motifs is 1. The second kappa shape index (κ2) is 12.2. The molecule has 0 fully saturated rings. The average Bonchev–Trinajstić information content (AvgIpc) is 2.86. The first kappa shape index (κ1) is 25.2. The van der Waals surface area contributed by atoms with Gasteiger partial charge in [-0.3, -0.25) is 9.59 Å². The Labute approximate surface area is 200 Å². The van der Waals surface area contributed by atoms with Gasteiger partial charge in [0.05, 0.1) is 17.7 Å². The lowest BCUT2D eigenvalue weighted by molar-refractivity contribution is 0.0505. The summed E-state index contributed by atoms with van der Waals surface area (Å²) in [5.41, 5.74) is 2.48. The molecule has 0 unspecified atom stereocenters. The second-order valence-corrected chi connectivity index (χ2v) is 8.41. The number of aryl methyl sites for hydroxylation is 2. The number of pyridine rings is 1. The van der Waals surface area contributed by atoms with Gasteiger partial charge in [-0.15, -0.1) is 0 Å². The maximum Gasteiger partial charge on any atom is 0.338 e. The van der Waals surface area contributed by atoms with Crippen molar-refractivity contribution in [3.8, 4) is 0 Å². The number of ether oxygens (including phenoxy) is 1. The standard InChI is InChI=1S/C28H34N2O4/c1-4-7-8-11-18-30-24-13-10-9-12-23(24)22(6-3)25(27(30)32)26(31)29-21-16-14-20(15-17-21)28(33)34-19-5-2/h9-10,12-17H,4-8,11,18-19H2,1-3H3,(H,29,31). The third-order valence-corrected chi connectivity index (χ3v) is 5.91. The van der Waals surface area contributed by atoms with Crippen molar-refractivity contribution in [3.63, 3.8) is 0 Å². The predicted octanol–water partition coefficient (Wildman–Crippen LogP) is 5.96. The SMILES string of the molecule is CCCCCCn1c(=O)c(C(=O)Nc2ccc(C(=O)OCCC)cc2)c(CC)c2ccccc21. The number of nitrogens with one attached hydrogen (secondary N) is 1. The number of unbranched alkanes of at least 4 members (excludes halogenated alkanes) is 3. The topological polar surface area (TPSA) is 77.4 Å². The van der Waals surface area contributed by atoms with Gasteiger partial charge < -0.3 is 14.6 Å². The van der Waals surface area contributed by atoms with E-state index in [2.05, 4.69) is 12.2 Å². The summed E-state index contributed by atoms with van der Waals surface area (Å²) >= 11 is 0. The van der Waals surface area contributed by atoms with Gasteiger partial charge in [-0.1, -0.05) is 58.2 Å². The van der Waals surface area contributed by atoms with Crippen LogP contribution in [0.2, 0.25) is 0 Å². The Morgan fingerprint density at radius 3 is 2.32 bits per heavy atom. The molecule has 6 heteroatoms. The number of anilines is 1. The molecule has 6 nitrogen and oxygen atoms in total. The van der Waals surface area contributed by atoms with E-state index >= 15 is 0 Å². The van der Waals surface area contributed by atoms with Gasteiger partial charge in [0.2, 0.25) is 0 Å². The Bertz CT molecular complexity index is 1200. The third kappa shape index (κ3) is 5.74. The minimum atomic E-state index is -0.434. The first-order valence-electron chi connectivity index (χ1n) is 12.2. The Morgan fingerprint density at radius 2 is 1.65 bits per heavy atom. The van der Waals surface area contributed by atoms with Crippen LogP contribution in [-0.4, -0.2) is 23.1 Å². The number of esters is 1. The normalized spacial score (nSPS) is 10.9. The molecule has 3 aromatic rings. The minimum absolute atomic E-state index is 0.183. The summed E-state index contributed by atoms with van der Waals surface area (Å²) in [5.74, 6) is -0.829. The molecule has 0 aliphatic carbocycles. The number of carbonyl (C=O) groups is 2. The molecule has 1 amide bonds. The summed E-state index contributed by atoms with van der Waals surface area (Å²) in [4.78, 5) is 38.9. The van der Waals surface area contributed by atoms with E-state index in [4.69, 9.17) is 4.74 Å². The van der Waals surface area contributed by atoms with Crippen LogP contribution < -0.4 is 10.9 Å². The van der Waals surface area contributed by atoms with Crippen molar-refractivity contribution in [1.29, 1.82) is 0 Å². The predicted molar refractivity (Wildman–Crippen MR) is 137 cm³/mol. The molecule has 0 saturated heterocycles. The van der Waals surface area contributed by atoms with Crippen molar-refractivity contribution in [2.45, 2.75) is 65.8 Å². The van der Waals surface area contributed by atoms with Crippen LogP contribution in [0.4, 0.5) is 5.69 Å². The van der Waals surface area contributed by atoms with Gasteiger partial charge in [-0.05, 0) is 55.2 Å². The maximum atomic E-state index is 13.5. The van der Waals surface area contributed by atoms with E-state index in [9.17, 15) is 14.4 Å². The van der Waals surface area contributed by atoms with E-state index in [1.54, 1.807) is 28.8 Å². The first-order chi connectivity index (χ1) is 16.5. The zero-order valence-corrected chi connectivity index (χ0v) is 20.4. The van der Waals surface area contributed by atoms with Crippen LogP contribution in [0, 0.1) is 0 Å². The average molecular weight is 463 g/mol. The molecular formula is C28H34N2O4. The maximum absolute atomic E-state index is 13.5. The van der Waals surface area contributed by atoms with E-state index < -0.39 is 11.9 Å². The first-order valence-corrected chi connectivity index (χ1v) is 12.2. The molecule has 0 atom stereocenters. The fourth-order valence-electron chi connectivity index (χ4n) is 4.15. The van der Waals surface area contributed by atoms with Crippen LogP contribution in [0.3, 0.4) is 0 Å². The molecule has 0 saturated carbocycles. The number of nitrogens with zero attached hydrogens (tertiary/aromatic N) is 1. The van der Waals surface area contributed by atoms with Crippen LogP contribution in [0.5, 0.6) is 0 Å². The van der Waals surface area contributed by atoms with Crippen LogP contribution in [0.15, 0.2) is 53.3 Å². The van der Waals surface area contributed by atoms with Crippen molar-refractivity contribution in [3.05, 3.63) is 75.6 Å². The highest BCUT2D eigenvalue weighted by Crippen LogP contribution is 2.23. The van der Waals surface area contributed by atoms with Gasteiger partial charge in [-0.25, -0.2) is 4.79 Å². The summed E-state index contributed by atoms with van der Waals surface area (Å²) in [5, 5.41) is 3.78.